The first kappa shape index (κ1) is 13.7. The summed E-state index contributed by atoms with van der Waals surface area (Å²) in [4.78, 5) is 12.0. The number of halogens is 3. The molecule has 0 spiro atoms. The Morgan fingerprint density at radius 2 is 1.67 bits per heavy atom. The standard InChI is InChI=1S/C13H12Cl3NO/c1-13(2,3)7-4-5-17-8(6-7)9(14)10(15)11(16)12(17)18/h4-6H,1-3H3. The summed E-state index contributed by atoms with van der Waals surface area (Å²) < 4.78 is 1.41. The molecule has 5 heteroatoms. The van der Waals surface area contributed by atoms with E-state index in [1.165, 1.54) is 4.40 Å². The average molecular weight is 305 g/mol. The van der Waals surface area contributed by atoms with Gasteiger partial charge in [0.05, 0.1) is 15.6 Å². The normalized spacial score (nSPS) is 12.1. The summed E-state index contributed by atoms with van der Waals surface area (Å²) in [6.45, 7) is 6.26. The largest absolute Gasteiger partial charge is 0.281 e. The Labute approximate surface area is 120 Å². The van der Waals surface area contributed by atoms with Crippen molar-refractivity contribution in [3.8, 4) is 0 Å². The molecule has 0 radical (unpaired) electrons. The van der Waals surface area contributed by atoms with Crippen molar-refractivity contribution in [3.63, 3.8) is 0 Å². The lowest BCUT2D eigenvalue weighted by molar-refractivity contribution is 0.589. The average Bonchev–Trinajstić information content (AvgIpc) is 2.32. The summed E-state index contributed by atoms with van der Waals surface area (Å²) in [5.41, 5.74) is 1.25. The Kier molecular flexibility index (Phi) is 3.39. The summed E-state index contributed by atoms with van der Waals surface area (Å²) in [6, 6.07) is 3.75. The number of hydrogen-bond donors (Lipinski definition) is 0. The molecule has 2 rings (SSSR count). The number of fused-ring (bicyclic) bond motifs is 1. The lowest BCUT2D eigenvalue weighted by atomic mass is 9.87. The van der Waals surface area contributed by atoms with E-state index >= 15 is 0 Å². The van der Waals surface area contributed by atoms with Gasteiger partial charge in [0.2, 0.25) is 0 Å². The van der Waals surface area contributed by atoms with Crippen LogP contribution in [0.3, 0.4) is 0 Å². The van der Waals surface area contributed by atoms with Gasteiger partial charge in [0.25, 0.3) is 5.56 Å². The second-order valence-electron chi connectivity index (χ2n) is 5.17. The molecule has 0 aliphatic carbocycles. The minimum Gasteiger partial charge on any atom is -0.281 e. The van der Waals surface area contributed by atoms with E-state index < -0.39 is 0 Å². The fraction of sp³-hybridized carbons (Fsp3) is 0.308. The minimum atomic E-state index is -0.360. The molecule has 18 heavy (non-hydrogen) atoms. The SMILES string of the molecule is CC(C)(C)c1ccn2c(=O)c(Cl)c(Cl)c(Cl)c2c1. The fourth-order valence-corrected chi connectivity index (χ4v) is 2.37. The zero-order valence-electron chi connectivity index (χ0n) is 10.2. The highest BCUT2D eigenvalue weighted by Crippen LogP contribution is 2.32. The van der Waals surface area contributed by atoms with Gasteiger partial charge in [0.15, 0.2) is 0 Å². The second kappa shape index (κ2) is 4.44. The van der Waals surface area contributed by atoms with E-state index in [0.29, 0.717) is 10.5 Å². The summed E-state index contributed by atoms with van der Waals surface area (Å²) in [6.07, 6.45) is 1.67. The molecule has 96 valence electrons. The van der Waals surface area contributed by atoms with Crippen LogP contribution in [0.5, 0.6) is 0 Å². The van der Waals surface area contributed by atoms with Crippen LogP contribution in [-0.4, -0.2) is 4.40 Å². The first-order valence-electron chi connectivity index (χ1n) is 5.43. The maximum atomic E-state index is 12.0. The maximum absolute atomic E-state index is 12.0. The molecule has 0 bridgehead atoms. The van der Waals surface area contributed by atoms with Crippen LogP contribution in [0.2, 0.25) is 15.1 Å². The zero-order valence-corrected chi connectivity index (χ0v) is 12.5. The lowest BCUT2D eigenvalue weighted by Crippen LogP contribution is -2.17. The number of hydrogen-bond acceptors (Lipinski definition) is 1. The highest BCUT2D eigenvalue weighted by Gasteiger charge is 2.18. The number of rotatable bonds is 0. The molecular formula is C13H12Cl3NO. The Hall–Kier alpha value is -0.700. The number of nitrogens with zero attached hydrogens (tertiary/aromatic N) is 1. The number of pyridine rings is 2. The van der Waals surface area contributed by atoms with Crippen molar-refractivity contribution in [3.05, 3.63) is 49.3 Å². The van der Waals surface area contributed by atoms with E-state index in [-0.39, 0.29) is 21.0 Å². The van der Waals surface area contributed by atoms with Gasteiger partial charge >= 0.3 is 0 Å². The van der Waals surface area contributed by atoms with Gasteiger partial charge in [-0.2, -0.15) is 0 Å². The van der Waals surface area contributed by atoms with Gasteiger partial charge in [0.1, 0.15) is 5.02 Å². The van der Waals surface area contributed by atoms with Crippen molar-refractivity contribution in [2.45, 2.75) is 26.2 Å². The van der Waals surface area contributed by atoms with Crippen molar-refractivity contribution in [2.75, 3.05) is 0 Å². The topological polar surface area (TPSA) is 21.5 Å². The monoisotopic (exact) mass is 303 g/mol. The van der Waals surface area contributed by atoms with Crippen LogP contribution >= 0.6 is 34.8 Å². The Balaban J connectivity index is 2.91. The van der Waals surface area contributed by atoms with Crippen LogP contribution in [0, 0.1) is 0 Å². The third-order valence-corrected chi connectivity index (χ3v) is 4.14. The van der Waals surface area contributed by atoms with Crippen LogP contribution in [0.1, 0.15) is 26.3 Å². The van der Waals surface area contributed by atoms with E-state index in [4.69, 9.17) is 34.8 Å². The Morgan fingerprint density at radius 1 is 1.06 bits per heavy atom. The Bertz CT molecular complexity index is 683. The molecule has 0 aromatic carbocycles. The first-order chi connectivity index (χ1) is 8.23. The second-order valence-corrected chi connectivity index (χ2v) is 6.30. The minimum absolute atomic E-state index is 0.0345. The molecule has 2 heterocycles. The van der Waals surface area contributed by atoms with Gasteiger partial charge in [-0.15, -0.1) is 0 Å². The molecule has 0 saturated carbocycles. The molecule has 0 saturated heterocycles. The quantitative estimate of drug-likeness (QED) is 0.699. The molecule has 0 aliphatic heterocycles. The van der Waals surface area contributed by atoms with E-state index in [9.17, 15) is 4.79 Å². The molecule has 0 atom stereocenters. The summed E-state index contributed by atoms with van der Waals surface area (Å²) in [7, 11) is 0. The lowest BCUT2D eigenvalue weighted by Gasteiger charge is -2.20. The molecule has 2 nitrogen and oxygen atoms in total. The third kappa shape index (κ3) is 2.13. The third-order valence-electron chi connectivity index (χ3n) is 2.84. The molecule has 2 aromatic heterocycles. The zero-order chi connectivity index (χ0) is 13.7. The van der Waals surface area contributed by atoms with Crippen molar-refractivity contribution in [2.24, 2.45) is 0 Å². The molecule has 0 fully saturated rings. The van der Waals surface area contributed by atoms with Gasteiger partial charge in [-0.3, -0.25) is 9.20 Å². The predicted octanol–water partition coefficient (Wildman–Crippen LogP) is 4.56. The molecule has 0 aliphatic rings. The molecular weight excluding hydrogens is 293 g/mol. The van der Waals surface area contributed by atoms with Gasteiger partial charge in [-0.1, -0.05) is 55.6 Å². The van der Waals surface area contributed by atoms with Crippen LogP contribution in [-0.2, 0) is 5.41 Å². The first-order valence-corrected chi connectivity index (χ1v) is 6.56. The Morgan fingerprint density at radius 3 is 2.22 bits per heavy atom. The maximum Gasteiger partial charge on any atom is 0.275 e. The van der Waals surface area contributed by atoms with E-state index in [0.717, 1.165) is 5.56 Å². The van der Waals surface area contributed by atoms with Gasteiger partial charge in [0, 0.05) is 6.20 Å². The predicted molar refractivity (Wildman–Crippen MR) is 77.4 cm³/mol. The van der Waals surface area contributed by atoms with Crippen molar-refractivity contribution < 1.29 is 0 Å². The molecule has 0 amide bonds. The molecule has 0 N–H and O–H groups in total. The van der Waals surface area contributed by atoms with Crippen molar-refractivity contribution in [1.82, 2.24) is 4.40 Å². The van der Waals surface area contributed by atoms with E-state index in [2.05, 4.69) is 20.8 Å². The van der Waals surface area contributed by atoms with E-state index in [1.807, 2.05) is 12.1 Å². The molecule has 0 unspecified atom stereocenters. The van der Waals surface area contributed by atoms with Crippen molar-refractivity contribution >= 4 is 40.3 Å². The van der Waals surface area contributed by atoms with Crippen LogP contribution < -0.4 is 5.56 Å². The highest BCUT2D eigenvalue weighted by atomic mass is 35.5. The highest BCUT2D eigenvalue weighted by molar-refractivity contribution is 6.49. The molecule has 2 aromatic rings. The van der Waals surface area contributed by atoms with Crippen LogP contribution in [0.4, 0.5) is 0 Å². The fourth-order valence-electron chi connectivity index (χ4n) is 1.72. The summed E-state index contributed by atoms with van der Waals surface area (Å²) >= 11 is 17.9. The smallest absolute Gasteiger partial charge is 0.275 e. The van der Waals surface area contributed by atoms with Crippen LogP contribution in [0.15, 0.2) is 23.1 Å². The van der Waals surface area contributed by atoms with Crippen LogP contribution in [0.25, 0.3) is 5.52 Å². The van der Waals surface area contributed by atoms with Gasteiger partial charge in [-0.25, -0.2) is 0 Å². The summed E-state index contributed by atoms with van der Waals surface area (Å²) in [5.74, 6) is 0. The number of aromatic nitrogens is 1. The summed E-state index contributed by atoms with van der Waals surface area (Å²) in [5, 5.41) is 0.351. The van der Waals surface area contributed by atoms with Crippen molar-refractivity contribution in [1.29, 1.82) is 0 Å². The van der Waals surface area contributed by atoms with E-state index in [1.54, 1.807) is 6.20 Å². The van der Waals surface area contributed by atoms with Gasteiger partial charge < -0.3 is 0 Å². The van der Waals surface area contributed by atoms with Gasteiger partial charge in [-0.05, 0) is 23.1 Å².